The molecule has 0 fully saturated rings. The molecule has 0 aliphatic heterocycles. The van der Waals surface area contributed by atoms with Gasteiger partial charge in [-0.15, -0.1) is 0 Å². The van der Waals surface area contributed by atoms with Crippen molar-refractivity contribution in [2.45, 2.75) is 32.5 Å². The van der Waals surface area contributed by atoms with Gasteiger partial charge in [-0.05, 0) is 39.0 Å². The summed E-state index contributed by atoms with van der Waals surface area (Å²) in [5.74, 6) is -0.893. The molecule has 0 amide bonds. The monoisotopic (exact) mass is 257 g/mol. The summed E-state index contributed by atoms with van der Waals surface area (Å²) in [6.07, 6.45) is -4.49. The van der Waals surface area contributed by atoms with E-state index in [4.69, 9.17) is 5.73 Å². The van der Waals surface area contributed by atoms with E-state index in [0.29, 0.717) is 11.2 Å². The van der Waals surface area contributed by atoms with Crippen LogP contribution in [0.5, 0.6) is 0 Å². The van der Waals surface area contributed by atoms with Gasteiger partial charge in [0.25, 0.3) is 0 Å². The second kappa shape index (κ2) is 3.63. The summed E-state index contributed by atoms with van der Waals surface area (Å²) in [6, 6.07) is 4.59. The number of nitrogens with zero attached hydrogens (tertiary/aromatic N) is 2. The number of aromatic nitrogens is 2. The van der Waals surface area contributed by atoms with Crippen molar-refractivity contribution in [2.24, 2.45) is 0 Å². The van der Waals surface area contributed by atoms with Gasteiger partial charge in [0, 0.05) is 11.2 Å². The number of hydrogen-bond donors (Lipinski definition) is 1. The maximum absolute atomic E-state index is 13.0. The third-order valence-corrected chi connectivity index (χ3v) is 2.60. The number of benzene rings is 1. The first-order valence-electron chi connectivity index (χ1n) is 5.46. The molecule has 1 aromatic heterocycles. The molecule has 3 nitrogen and oxygen atoms in total. The van der Waals surface area contributed by atoms with Crippen LogP contribution < -0.4 is 5.73 Å². The lowest BCUT2D eigenvalue weighted by molar-refractivity contribution is -0.148. The summed E-state index contributed by atoms with van der Waals surface area (Å²) in [5.41, 5.74) is 5.95. The van der Waals surface area contributed by atoms with Crippen molar-refractivity contribution in [3.8, 4) is 0 Å². The molecule has 0 bridgehead atoms. The van der Waals surface area contributed by atoms with Crippen LogP contribution in [0.25, 0.3) is 11.0 Å². The van der Waals surface area contributed by atoms with Crippen molar-refractivity contribution in [1.82, 2.24) is 9.55 Å². The number of anilines is 1. The molecule has 0 radical (unpaired) electrons. The number of fused-ring (bicyclic) bond motifs is 1. The highest BCUT2D eigenvalue weighted by atomic mass is 19.4. The molecule has 0 saturated carbocycles. The van der Waals surface area contributed by atoms with Crippen molar-refractivity contribution < 1.29 is 13.2 Å². The van der Waals surface area contributed by atoms with E-state index in [1.165, 1.54) is 10.6 Å². The van der Waals surface area contributed by atoms with Gasteiger partial charge in [-0.25, -0.2) is 4.98 Å². The summed E-state index contributed by atoms with van der Waals surface area (Å²) < 4.78 is 40.2. The molecule has 6 heteroatoms. The van der Waals surface area contributed by atoms with Crippen molar-refractivity contribution in [1.29, 1.82) is 0 Å². The minimum Gasteiger partial charge on any atom is -0.399 e. The van der Waals surface area contributed by atoms with E-state index in [9.17, 15) is 13.2 Å². The summed E-state index contributed by atoms with van der Waals surface area (Å²) >= 11 is 0. The summed E-state index contributed by atoms with van der Waals surface area (Å²) in [5, 5.41) is 0. The third kappa shape index (κ3) is 2.02. The highest BCUT2D eigenvalue weighted by Gasteiger charge is 2.40. The minimum atomic E-state index is -4.49. The van der Waals surface area contributed by atoms with E-state index in [2.05, 4.69) is 4.98 Å². The Morgan fingerprint density at radius 1 is 1.17 bits per heavy atom. The SMILES string of the molecule is CC(C)(C)n1c(C(F)(F)F)nc2cc(N)ccc21. The Balaban J connectivity index is 2.85. The molecule has 0 aliphatic rings. The standard InChI is InChI=1S/C12H14F3N3/c1-11(2,3)18-9-5-4-7(16)6-8(9)17-10(18)12(13,14)15/h4-6H,16H2,1-3H3. The fourth-order valence-electron chi connectivity index (χ4n) is 1.97. The van der Waals surface area contributed by atoms with Crippen LogP contribution in [0.2, 0.25) is 0 Å². The number of rotatable bonds is 0. The van der Waals surface area contributed by atoms with Gasteiger partial charge < -0.3 is 10.3 Å². The quantitative estimate of drug-likeness (QED) is 0.735. The highest BCUT2D eigenvalue weighted by molar-refractivity contribution is 5.80. The lowest BCUT2D eigenvalue weighted by atomic mass is 10.1. The minimum absolute atomic E-state index is 0.261. The van der Waals surface area contributed by atoms with E-state index in [1.807, 2.05) is 0 Å². The van der Waals surface area contributed by atoms with Gasteiger partial charge in [0.2, 0.25) is 5.82 Å². The van der Waals surface area contributed by atoms with E-state index in [0.717, 1.165) is 0 Å². The van der Waals surface area contributed by atoms with Crippen molar-refractivity contribution in [3.05, 3.63) is 24.0 Å². The Morgan fingerprint density at radius 2 is 1.78 bits per heavy atom. The Labute approximate surface area is 102 Å². The van der Waals surface area contributed by atoms with Gasteiger partial charge >= 0.3 is 6.18 Å². The van der Waals surface area contributed by atoms with Gasteiger partial charge in [-0.2, -0.15) is 13.2 Å². The predicted molar refractivity (Wildman–Crippen MR) is 64.1 cm³/mol. The number of hydrogen-bond acceptors (Lipinski definition) is 2. The first-order valence-corrected chi connectivity index (χ1v) is 5.46. The van der Waals surface area contributed by atoms with Gasteiger partial charge in [0.1, 0.15) is 0 Å². The lowest BCUT2D eigenvalue weighted by Gasteiger charge is -2.25. The highest BCUT2D eigenvalue weighted by Crippen LogP contribution is 2.35. The predicted octanol–water partition coefficient (Wildman–Crippen LogP) is 3.39. The Morgan fingerprint density at radius 3 is 2.28 bits per heavy atom. The normalized spacial score (nSPS) is 13.2. The fourth-order valence-corrected chi connectivity index (χ4v) is 1.97. The molecule has 0 atom stereocenters. The van der Waals surface area contributed by atoms with E-state index in [-0.39, 0.29) is 5.52 Å². The van der Waals surface area contributed by atoms with Crippen molar-refractivity contribution in [3.63, 3.8) is 0 Å². The van der Waals surface area contributed by atoms with Gasteiger partial charge in [0.15, 0.2) is 0 Å². The second-order valence-corrected chi connectivity index (χ2v) is 5.19. The van der Waals surface area contributed by atoms with Gasteiger partial charge in [-0.1, -0.05) is 0 Å². The average Bonchev–Trinajstić information content (AvgIpc) is 2.54. The van der Waals surface area contributed by atoms with Crippen molar-refractivity contribution >= 4 is 16.7 Å². The Bertz CT molecular complexity index is 591. The number of imidazole rings is 1. The number of nitrogen functional groups attached to an aromatic ring is 1. The number of alkyl halides is 3. The molecule has 2 rings (SSSR count). The number of nitrogens with two attached hydrogens (primary N) is 1. The van der Waals surface area contributed by atoms with Crippen LogP contribution in [-0.4, -0.2) is 9.55 Å². The Hall–Kier alpha value is -1.72. The molecular weight excluding hydrogens is 243 g/mol. The maximum Gasteiger partial charge on any atom is 0.449 e. The van der Waals surface area contributed by atoms with E-state index >= 15 is 0 Å². The summed E-state index contributed by atoms with van der Waals surface area (Å²) in [4.78, 5) is 3.67. The van der Waals surface area contributed by atoms with Crippen LogP contribution in [-0.2, 0) is 11.7 Å². The zero-order valence-corrected chi connectivity index (χ0v) is 10.3. The molecule has 0 saturated heterocycles. The lowest BCUT2D eigenvalue weighted by Crippen LogP contribution is -2.27. The van der Waals surface area contributed by atoms with Crippen LogP contribution in [0.1, 0.15) is 26.6 Å². The molecule has 18 heavy (non-hydrogen) atoms. The largest absolute Gasteiger partial charge is 0.449 e. The van der Waals surface area contributed by atoms with Crippen LogP contribution in [0.4, 0.5) is 18.9 Å². The molecule has 1 heterocycles. The molecule has 2 N–H and O–H groups in total. The first kappa shape index (κ1) is 12.7. The zero-order chi connectivity index (χ0) is 13.7. The van der Waals surface area contributed by atoms with Crippen LogP contribution >= 0.6 is 0 Å². The summed E-state index contributed by atoms with van der Waals surface area (Å²) in [7, 11) is 0. The Kier molecular flexibility index (Phi) is 2.57. The molecular formula is C12H14F3N3. The maximum atomic E-state index is 13.0. The fraction of sp³-hybridized carbons (Fsp3) is 0.417. The molecule has 1 aromatic carbocycles. The molecule has 98 valence electrons. The van der Waals surface area contributed by atoms with Crippen LogP contribution in [0.3, 0.4) is 0 Å². The third-order valence-electron chi connectivity index (χ3n) is 2.60. The first-order chi connectivity index (χ1) is 8.10. The van der Waals surface area contributed by atoms with E-state index in [1.54, 1.807) is 32.9 Å². The molecule has 0 unspecified atom stereocenters. The molecule has 0 spiro atoms. The smallest absolute Gasteiger partial charge is 0.399 e. The van der Waals surface area contributed by atoms with Crippen LogP contribution in [0.15, 0.2) is 18.2 Å². The summed E-state index contributed by atoms with van der Waals surface area (Å²) in [6.45, 7) is 5.12. The second-order valence-electron chi connectivity index (χ2n) is 5.19. The van der Waals surface area contributed by atoms with Gasteiger partial charge in [-0.3, -0.25) is 0 Å². The van der Waals surface area contributed by atoms with Crippen LogP contribution in [0, 0.1) is 0 Å². The van der Waals surface area contributed by atoms with Gasteiger partial charge in [0.05, 0.1) is 11.0 Å². The molecule has 2 aromatic rings. The number of halogens is 3. The average molecular weight is 257 g/mol. The zero-order valence-electron chi connectivity index (χ0n) is 10.3. The topological polar surface area (TPSA) is 43.8 Å². The van der Waals surface area contributed by atoms with E-state index < -0.39 is 17.5 Å². The molecule has 0 aliphatic carbocycles. The van der Waals surface area contributed by atoms with Crippen molar-refractivity contribution in [2.75, 3.05) is 5.73 Å².